The zero-order valence-corrected chi connectivity index (χ0v) is 14.3. The van der Waals surface area contributed by atoms with Crippen LogP contribution in [-0.2, 0) is 0 Å². The van der Waals surface area contributed by atoms with Gasteiger partial charge in [-0.2, -0.15) is 0 Å². The molecule has 3 N–H and O–H groups in total. The van der Waals surface area contributed by atoms with E-state index in [1.807, 2.05) is 0 Å². The van der Waals surface area contributed by atoms with Crippen molar-refractivity contribution in [2.75, 3.05) is 5.32 Å². The number of hydrogen-bond acceptors (Lipinski definition) is 5. The van der Waals surface area contributed by atoms with Gasteiger partial charge in [0.25, 0.3) is 0 Å². The fraction of sp³-hybridized carbons (Fsp3) is 0.538. The average molecular weight is 334 g/mol. The van der Waals surface area contributed by atoms with E-state index >= 15 is 0 Å². The maximum Gasteiger partial charge on any atom is 0.141 e. The molecule has 20 heavy (non-hydrogen) atoms. The van der Waals surface area contributed by atoms with Crippen LogP contribution < -0.4 is 15.4 Å². The van der Waals surface area contributed by atoms with Gasteiger partial charge in [0, 0.05) is 11.6 Å². The minimum atomic E-state index is -1.83. The molecule has 3 nitrogen and oxygen atoms in total. The lowest BCUT2D eigenvalue weighted by Gasteiger charge is -2.43. The smallest absolute Gasteiger partial charge is 0.141 e. The Bertz CT molecular complexity index is 562. The first-order valence-corrected chi connectivity index (χ1v) is 10.3. The van der Waals surface area contributed by atoms with Crippen molar-refractivity contribution in [2.24, 2.45) is 5.41 Å². The monoisotopic (exact) mass is 333 g/mol. The average Bonchev–Trinajstić information content (AvgIpc) is 2.89. The highest BCUT2D eigenvalue weighted by Crippen LogP contribution is 2.66. The number of rotatable bonds is 2. The molecular formula is C13H20FN3S3. The Labute approximate surface area is 130 Å². The molecule has 1 aliphatic heterocycles. The highest BCUT2D eigenvalue weighted by atomic mass is 33.5. The summed E-state index contributed by atoms with van der Waals surface area (Å²) < 4.78 is 17.1. The fourth-order valence-corrected chi connectivity index (χ4v) is 6.16. The Hall–Kier alpha value is -0.0800. The number of halogens is 1. The van der Waals surface area contributed by atoms with Crippen LogP contribution in [0.25, 0.3) is 0 Å². The summed E-state index contributed by atoms with van der Waals surface area (Å²) in [5.41, 5.74) is 1.85. The van der Waals surface area contributed by atoms with Gasteiger partial charge in [-0.15, -0.1) is 23.3 Å². The van der Waals surface area contributed by atoms with Crippen LogP contribution in [0.15, 0.2) is 17.0 Å². The van der Waals surface area contributed by atoms with Gasteiger partial charge in [-0.1, -0.05) is 22.1 Å². The van der Waals surface area contributed by atoms with E-state index in [9.17, 15) is 4.39 Å². The predicted molar refractivity (Wildman–Crippen MR) is 90.8 cm³/mol. The van der Waals surface area contributed by atoms with Crippen molar-refractivity contribution in [1.29, 1.82) is 0 Å². The summed E-state index contributed by atoms with van der Waals surface area (Å²) in [6, 6.07) is 3.73. The first kappa shape index (κ1) is 14.8. The quantitative estimate of drug-likeness (QED) is 0.424. The van der Waals surface area contributed by atoms with Crippen LogP contribution in [0.1, 0.15) is 25.8 Å². The molecule has 1 aromatic carbocycles. The van der Waals surface area contributed by atoms with E-state index in [-0.39, 0.29) is 12.1 Å². The van der Waals surface area contributed by atoms with Crippen molar-refractivity contribution < 1.29 is 4.39 Å². The Morgan fingerprint density at radius 3 is 2.65 bits per heavy atom. The molecule has 3 rings (SSSR count). The predicted octanol–water partition coefficient (Wildman–Crippen LogP) is 3.59. The van der Waals surface area contributed by atoms with Crippen molar-refractivity contribution in [2.45, 2.75) is 44.4 Å². The summed E-state index contributed by atoms with van der Waals surface area (Å²) in [6.07, 6.45) is 1.06. The molecule has 0 bridgehead atoms. The van der Waals surface area contributed by atoms with Gasteiger partial charge >= 0.3 is 0 Å². The Balaban J connectivity index is 1.87. The van der Waals surface area contributed by atoms with Gasteiger partial charge < -0.3 is 5.32 Å². The number of nitrogens with one attached hydrogen (secondary N) is 3. The molecule has 0 aromatic heterocycles. The number of anilines is 1. The number of thiol groups is 2. The Morgan fingerprint density at radius 1 is 1.40 bits per heavy atom. The van der Waals surface area contributed by atoms with Gasteiger partial charge in [0.2, 0.25) is 0 Å². The molecule has 1 fully saturated rings. The molecule has 1 aromatic rings. The van der Waals surface area contributed by atoms with Gasteiger partial charge in [-0.3, -0.25) is 5.32 Å². The van der Waals surface area contributed by atoms with Gasteiger partial charge in [0.05, 0.1) is 10.6 Å². The Morgan fingerprint density at radius 2 is 2.05 bits per heavy atom. The zero-order valence-electron chi connectivity index (χ0n) is 11.7. The van der Waals surface area contributed by atoms with Gasteiger partial charge in [-0.25, -0.2) is 9.11 Å². The highest BCUT2D eigenvalue weighted by Gasteiger charge is 2.47. The van der Waals surface area contributed by atoms with E-state index in [1.54, 1.807) is 13.0 Å². The maximum atomic E-state index is 13.7. The fourth-order valence-electron chi connectivity index (χ4n) is 2.58. The summed E-state index contributed by atoms with van der Waals surface area (Å²) >= 11 is 9.30. The van der Waals surface area contributed by atoms with Crippen LogP contribution in [0.3, 0.4) is 0 Å². The largest absolute Gasteiger partial charge is 0.356 e. The van der Waals surface area contributed by atoms with E-state index < -0.39 is 8.28 Å². The van der Waals surface area contributed by atoms with Crippen LogP contribution in [0.4, 0.5) is 10.1 Å². The normalized spacial score (nSPS) is 31.1. The molecule has 0 amide bonds. The summed E-state index contributed by atoms with van der Waals surface area (Å²) in [5.74, 6) is -0.220. The SMILES string of the molecule is Cc1c(F)ccc2c1S(S)(S)NC(NC1CC1(C)C)N2. The lowest BCUT2D eigenvalue weighted by molar-refractivity contribution is 0.476. The zero-order chi connectivity index (χ0) is 14.7. The van der Waals surface area contributed by atoms with Gasteiger partial charge in [-0.05, 0) is 30.9 Å². The molecule has 1 heterocycles. The number of hydrogen-bond donors (Lipinski definition) is 5. The van der Waals surface area contributed by atoms with E-state index in [0.717, 1.165) is 17.0 Å². The van der Waals surface area contributed by atoms with Gasteiger partial charge in [0.15, 0.2) is 0 Å². The van der Waals surface area contributed by atoms with Crippen molar-refractivity contribution >= 4 is 37.3 Å². The minimum absolute atomic E-state index is 0.0934. The summed E-state index contributed by atoms with van der Waals surface area (Å²) in [7, 11) is -1.83. The lowest BCUT2D eigenvalue weighted by atomic mass is 10.2. The molecule has 7 heteroatoms. The topological polar surface area (TPSA) is 36.1 Å². The van der Waals surface area contributed by atoms with E-state index in [2.05, 4.69) is 52.5 Å². The molecule has 2 atom stereocenters. The van der Waals surface area contributed by atoms with Crippen LogP contribution in [-0.4, -0.2) is 12.3 Å². The van der Waals surface area contributed by atoms with Crippen molar-refractivity contribution in [3.63, 3.8) is 0 Å². The van der Waals surface area contributed by atoms with E-state index in [1.165, 1.54) is 6.07 Å². The summed E-state index contributed by atoms with van der Waals surface area (Å²) in [4.78, 5) is 0.831. The lowest BCUT2D eigenvalue weighted by Crippen LogP contribution is -2.51. The standard InChI is InChI=1S/C13H20FN3S3/c1-7-8(14)4-5-9-11(7)20(18,19)17-12(15-9)16-10-6-13(10,2)3/h4-5,10,12,15-19H,6H2,1-3H3. The molecule has 112 valence electrons. The molecular weight excluding hydrogens is 313 g/mol. The molecule has 0 saturated heterocycles. The second-order valence-electron chi connectivity index (χ2n) is 6.21. The van der Waals surface area contributed by atoms with Gasteiger partial charge in [0.1, 0.15) is 12.1 Å². The Kier molecular flexibility index (Phi) is 3.49. The van der Waals surface area contributed by atoms with Crippen molar-refractivity contribution in [3.8, 4) is 0 Å². The van der Waals surface area contributed by atoms with Crippen molar-refractivity contribution in [1.82, 2.24) is 10.0 Å². The van der Waals surface area contributed by atoms with Crippen LogP contribution in [0.5, 0.6) is 0 Å². The van der Waals surface area contributed by atoms with Crippen LogP contribution >= 0.6 is 31.6 Å². The molecule has 1 saturated carbocycles. The maximum absolute atomic E-state index is 13.7. The van der Waals surface area contributed by atoms with Crippen LogP contribution in [0, 0.1) is 18.2 Å². The second kappa shape index (κ2) is 4.71. The first-order valence-electron chi connectivity index (χ1n) is 6.58. The highest BCUT2D eigenvalue weighted by molar-refractivity contribution is 9.17. The summed E-state index contributed by atoms with van der Waals surface area (Å²) in [5, 5.41) is 6.88. The molecule has 1 aliphatic carbocycles. The van der Waals surface area contributed by atoms with Crippen LogP contribution in [0.2, 0.25) is 0 Å². The number of fused-ring (bicyclic) bond motifs is 1. The van der Waals surface area contributed by atoms with E-state index in [4.69, 9.17) is 0 Å². The third-order valence-electron chi connectivity index (χ3n) is 4.09. The molecule has 0 radical (unpaired) electrons. The summed E-state index contributed by atoms with van der Waals surface area (Å²) in [6.45, 7) is 6.24. The first-order chi connectivity index (χ1) is 9.21. The van der Waals surface area contributed by atoms with Crippen molar-refractivity contribution in [3.05, 3.63) is 23.5 Å². The molecule has 2 unspecified atom stereocenters. The van der Waals surface area contributed by atoms with E-state index in [0.29, 0.717) is 17.0 Å². The third-order valence-corrected chi connectivity index (χ3v) is 7.48. The number of benzene rings is 1. The second-order valence-corrected chi connectivity index (χ2v) is 12.1. The third kappa shape index (κ3) is 2.54. The molecule has 2 aliphatic rings. The minimum Gasteiger partial charge on any atom is -0.356 e. The molecule has 0 spiro atoms.